The van der Waals surface area contributed by atoms with E-state index in [1.807, 2.05) is 0 Å². The number of amides is 1. The van der Waals surface area contributed by atoms with Gasteiger partial charge in [-0.3, -0.25) is 9.59 Å². The molecule has 0 aromatic rings. The van der Waals surface area contributed by atoms with Gasteiger partial charge >= 0.3 is 5.97 Å². The number of hydrogen-bond donors (Lipinski definition) is 4. The minimum atomic E-state index is -0.980. The van der Waals surface area contributed by atoms with Crippen molar-refractivity contribution >= 4 is 11.9 Å². The van der Waals surface area contributed by atoms with Gasteiger partial charge < -0.3 is 21.9 Å². The van der Waals surface area contributed by atoms with Crippen LogP contribution in [-0.4, -0.2) is 36.1 Å². The predicted octanol–water partition coefficient (Wildman–Crippen LogP) is -0.576. The van der Waals surface area contributed by atoms with E-state index in [1.54, 1.807) is 0 Å². The van der Waals surface area contributed by atoms with Crippen molar-refractivity contribution < 1.29 is 14.7 Å². The van der Waals surface area contributed by atoms with E-state index in [0.29, 0.717) is 38.8 Å². The van der Waals surface area contributed by atoms with Gasteiger partial charge in [0.1, 0.15) is 6.04 Å². The lowest BCUT2D eigenvalue weighted by molar-refractivity contribution is -0.138. The fourth-order valence-corrected chi connectivity index (χ4v) is 1.19. The van der Waals surface area contributed by atoms with E-state index < -0.39 is 12.0 Å². The number of carboxylic acids is 1. The van der Waals surface area contributed by atoms with Crippen molar-refractivity contribution in [2.24, 2.45) is 11.5 Å². The number of rotatable bonds is 9. The molecule has 0 rings (SSSR count). The Kier molecular flexibility index (Phi) is 8.46. The molecule has 0 radical (unpaired) electrons. The van der Waals surface area contributed by atoms with Crippen LogP contribution in [0.5, 0.6) is 0 Å². The van der Waals surface area contributed by atoms with E-state index in [2.05, 4.69) is 5.32 Å². The summed E-state index contributed by atoms with van der Waals surface area (Å²) in [5.74, 6) is -0.986. The molecule has 16 heavy (non-hydrogen) atoms. The van der Waals surface area contributed by atoms with Crippen LogP contribution in [0, 0.1) is 0 Å². The first-order chi connectivity index (χ1) is 7.57. The maximum Gasteiger partial charge on any atom is 0.320 e. The van der Waals surface area contributed by atoms with Crippen molar-refractivity contribution in [3.05, 3.63) is 0 Å². The molecule has 6 nitrogen and oxygen atoms in total. The number of nitrogens with one attached hydrogen (secondary N) is 1. The first kappa shape index (κ1) is 14.9. The Morgan fingerprint density at radius 1 is 1.25 bits per heavy atom. The maximum atomic E-state index is 11.1. The number of aliphatic carboxylic acids is 1. The quantitative estimate of drug-likeness (QED) is 0.396. The zero-order chi connectivity index (χ0) is 12.4. The first-order valence-corrected chi connectivity index (χ1v) is 5.53. The molecule has 0 aromatic carbocycles. The van der Waals surface area contributed by atoms with Gasteiger partial charge in [-0.05, 0) is 32.2 Å². The largest absolute Gasteiger partial charge is 0.480 e. The van der Waals surface area contributed by atoms with Crippen LogP contribution >= 0.6 is 0 Å². The molecule has 0 aromatic heterocycles. The Morgan fingerprint density at radius 2 is 1.94 bits per heavy atom. The van der Waals surface area contributed by atoms with Gasteiger partial charge in [-0.15, -0.1) is 0 Å². The van der Waals surface area contributed by atoms with E-state index in [1.165, 1.54) is 0 Å². The molecule has 0 aliphatic heterocycles. The average Bonchev–Trinajstić information content (AvgIpc) is 2.25. The lowest BCUT2D eigenvalue weighted by Crippen LogP contribution is -2.30. The lowest BCUT2D eigenvalue weighted by atomic mass is 10.1. The minimum Gasteiger partial charge on any atom is -0.480 e. The molecular formula is C10H21N3O3. The van der Waals surface area contributed by atoms with Gasteiger partial charge in [-0.25, -0.2) is 0 Å². The third-order valence-corrected chi connectivity index (χ3v) is 2.19. The van der Waals surface area contributed by atoms with E-state index >= 15 is 0 Å². The zero-order valence-electron chi connectivity index (χ0n) is 9.45. The summed E-state index contributed by atoms with van der Waals surface area (Å²) in [5.41, 5.74) is 10.6. The van der Waals surface area contributed by atoms with Gasteiger partial charge in [0, 0.05) is 13.0 Å². The van der Waals surface area contributed by atoms with Crippen LogP contribution in [0.15, 0.2) is 0 Å². The number of unbranched alkanes of at least 4 members (excludes halogenated alkanes) is 1. The zero-order valence-corrected chi connectivity index (χ0v) is 9.45. The fourth-order valence-electron chi connectivity index (χ4n) is 1.19. The summed E-state index contributed by atoms with van der Waals surface area (Å²) < 4.78 is 0. The van der Waals surface area contributed by atoms with E-state index in [9.17, 15) is 9.59 Å². The number of hydrogen-bond acceptors (Lipinski definition) is 4. The molecule has 0 unspecified atom stereocenters. The molecule has 0 aliphatic carbocycles. The van der Waals surface area contributed by atoms with Crippen molar-refractivity contribution in [2.45, 2.75) is 38.1 Å². The van der Waals surface area contributed by atoms with Crippen LogP contribution in [0.1, 0.15) is 32.1 Å². The second-order valence-corrected chi connectivity index (χ2v) is 3.68. The molecular weight excluding hydrogens is 210 g/mol. The fraction of sp³-hybridized carbons (Fsp3) is 0.800. The Hall–Kier alpha value is -1.14. The van der Waals surface area contributed by atoms with Gasteiger partial charge in [-0.1, -0.05) is 0 Å². The highest BCUT2D eigenvalue weighted by Crippen LogP contribution is 1.98. The second-order valence-electron chi connectivity index (χ2n) is 3.68. The molecule has 0 spiro atoms. The van der Waals surface area contributed by atoms with Crippen LogP contribution in [0.2, 0.25) is 0 Å². The minimum absolute atomic E-state index is 0.00650. The molecule has 1 atom stereocenters. The van der Waals surface area contributed by atoms with Crippen molar-refractivity contribution in [1.82, 2.24) is 5.32 Å². The summed E-state index contributed by atoms with van der Waals surface area (Å²) in [6, 6.07) is -0.798. The van der Waals surface area contributed by atoms with Crippen molar-refractivity contribution in [2.75, 3.05) is 13.1 Å². The summed E-state index contributed by atoms with van der Waals surface area (Å²) in [6.07, 6.45) is 3.02. The summed E-state index contributed by atoms with van der Waals surface area (Å²) >= 11 is 0. The van der Waals surface area contributed by atoms with Gasteiger partial charge in [0.05, 0.1) is 0 Å². The number of carboxylic acid groups (broad SMARTS) is 1. The first-order valence-electron chi connectivity index (χ1n) is 5.53. The molecule has 1 amide bonds. The van der Waals surface area contributed by atoms with Crippen molar-refractivity contribution in [3.8, 4) is 0 Å². The van der Waals surface area contributed by atoms with Crippen molar-refractivity contribution in [3.63, 3.8) is 0 Å². The molecule has 0 saturated heterocycles. The maximum absolute atomic E-state index is 11.1. The highest BCUT2D eigenvalue weighted by Gasteiger charge is 2.09. The molecule has 6 heteroatoms. The number of nitrogens with two attached hydrogens (primary N) is 2. The van der Waals surface area contributed by atoms with Crippen molar-refractivity contribution in [1.29, 1.82) is 0 Å². The molecule has 0 heterocycles. The van der Waals surface area contributed by atoms with Gasteiger partial charge in [0.15, 0.2) is 0 Å². The molecule has 0 fully saturated rings. The van der Waals surface area contributed by atoms with Gasteiger partial charge in [0.2, 0.25) is 5.91 Å². The van der Waals surface area contributed by atoms with Gasteiger partial charge in [-0.2, -0.15) is 0 Å². The summed E-state index contributed by atoms with van der Waals surface area (Å²) in [5, 5.41) is 11.3. The number of carbonyl (C=O) groups is 2. The standard InChI is InChI=1S/C10H21N3O3/c11-6-3-5-9(14)13-7-2-1-4-8(12)10(15)16/h8H,1-7,11-12H2,(H,13,14)(H,15,16)/t8-/m0/s1. The normalized spacial score (nSPS) is 12.1. The monoisotopic (exact) mass is 231 g/mol. The molecule has 94 valence electrons. The SMILES string of the molecule is NCCCC(=O)NCCCC[C@H](N)C(=O)O. The molecule has 0 bridgehead atoms. The van der Waals surface area contributed by atoms with E-state index in [-0.39, 0.29) is 5.91 Å². The van der Waals surface area contributed by atoms with E-state index in [0.717, 1.165) is 6.42 Å². The second kappa shape index (κ2) is 9.11. The molecule has 6 N–H and O–H groups in total. The molecule has 0 saturated carbocycles. The highest BCUT2D eigenvalue weighted by molar-refractivity contribution is 5.75. The summed E-state index contributed by atoms with van der Waals surface area (Å²) in [7, 11) is 0. The third kappa shape index (κ3) is 8.19. The summed E-state index contributed by atoms with van der Waals surface area (Å²) in [4.78, 5) is 21.5. The Balaban J connectivity index is 3.33. The van der Waals surface area contributed by atoms with Crippen LogP contribution in [-0.2, 0) is 9.59 Å². The lowest BCUT2D eigenvalue weighted by Gasteiger charge is -2.07. The van der Waals surface area contributed by atoms with Crippen LogP contribution < -0.4 is 16.8 Å². The van der Waals surface area contributed by atoms with Gasteiger partial charge in [0.25, 0.3) is 0 Å². The smallest absolute Gasteiger partial charge is 0.320 e. The highest BCUT2D eigenvalue weighted by atomic mass is 16.4. The Bertz CT molecular complexity index is 221. The van der Waals surface area contributed by atoms with Crippen LogP contribution in [0.4, 0.5) is 0 Å². The predicted molar refractivity (Wildman–Crippen MR) is 60.8 cm³/mol. The topological polar surface area (TPSA) is 118 Å². The summed E-state index contributed by atoms with van der Waals surface area (Å²) in [6.45, 7) is 1.08. The molecule has 0 aliphatic rings. The number of carbonyl (C=O) groups excluding carboxylic acids is 1. The van der Waals surface area contributed by atoms with Crippen LogP contribution in [0.25, 0.3) is 0 Å². The third-order valence-electron chi connectivity index (χ3n) is 2.19. The Labute approximate surface area is 95.4 Å². The Morgan fingerprint density at radius 3 is 2.50 bits per heavy atom. The van der Waals surface area contributed by atoms with Crippen LogP contribution in [0.3, 0.4) is 0 Å². The average molecular weight is 231 g/mol. The van der Waals surface area contributed by atoms with E-state index in [4.69, 9.17) is 16.6 Å².